The average Bonchev–Trinajstić information content (AvgIpc) is 3.38. The van der Waals surface area contributed by atoms with Crippen LogP contribution in [0.2, 0.25) is 0 Å². The summed E-state index contributed by atoms with van der Waals surface area (Å²) in [6.07, 6.45) is 4.14. The first kappa shape index (κ1) is 16.7. The fourth-order valence-corrected chi connectivity index (χ4v) is 2.98. The van der Waals surface area contributed by atoms with Crippen molar-refractivity contribution in [1.29, 1.82) is 0 Å². The summed E-state index contributed by atoms with van der Waals surface area (Å²) in [4.78, 5) is 13.6. The average molecular weight is 305 g/mol. The minimum atomic E-state index is 0.210. The van der Waals surface area contributed by atoms with Crippen LogP contribution >= 0.6 is 0 Å². The number of hydrogen-bond acceptors (Lipinski definition) is 3. The molecule has 0 bridgehead atoms. The summed E-state index contributed by atoms with van der Waals surface area (Å²) in [5, 5.41) is 0. The van der Waals surface area contributed by atoms with Crippen LogP contribution in [0.25, 0.3) is 0 Å². The van der Waals surface area contributed by atoms with Gasteiger partial charge in [0.25, 0.3) is 0 Å². The Hall–Kier alpha value is -1.71. The molecular formula is C18H27NO3. The lowest BCUT2D eigenvalue weighted by molar-refractivity contribution is -0.129. The summed E-state index contributed by atoms with van der Waals surface area (Å²) in [5.41, 5.74) is 1.29. The van der Waals surface area contributed by atoms with Crippen LogP contribution in [0.15, 0.2) is 18.2 Å². The predicted molar refractivity (Wildman–Crippen MR) is 87.6 cm³/mol. The molecule has 1 amide bonds. The molecule has 1 aliphatic rings. The second kappa shape index (κ2) is 7.52. The lowest BCUT2D eigenvalue weighted by Crippen LogP contribution is -2.28. The third-order valence-electron chi connectivity index (χ3n) is 4.53. The molecule has 1 aliphatic carbocycles. The highest BCUT2D eigenvalue weighted by Gasteiger charge is 2.32. The third kappa shape index (κ3) is 3.93. The van der Waals surface area contributed by atoms with Gasteiger partial charge in [-0.15, -0.1) is 0 Å². The molecule has 0 aliphatic heterocycles. The Morgan fingerprint density at radius 3 is 2.50 bits per heavy atom. The van der Waals surface area contributed by atoms with Gasteiger partial charge in [0.05, 0.1) is 14.2 Å². The fourth-order valence-electron chi connectivity index (χ4n) is 2.98. The van der Waals surface area contributed by atoms with Crippen LogP contribution in [0.5, 0.6) is 11.5 Å². The quantitative estimate of drug-likeness (QED) is 0.738. The predicted octanol–water partition coefficient (Wildman–Crippen LogP) is 3.46. The zero-order valence-electron chi connectivity index (χ0n) is 14.1. The van der Waals surface area contributed by atoms with E-state index in [2.05, 4.69) is 12.1 Å². The molecule has 0 saturated heterocycles. The van der Waals surface area contributed by atoms with Crippen molar-refractivity contribution < 1.29 is 14.3 Å². The molecule has 0 radical (unpaired) electrons. The normalized spacial score (nSPS) is 15.3. The number of hydrogen-bond donors (Lipinski definition) is 0. The van der Waals surface area contributed by atoms with Crippen molar-refractivity contribution in [3.8, 4) is 11.5 Å². The van der Waals surface area contributed by atoms with E-state index in [9.17, 15) is 4.79 Å². The van der Waals surface area contributed by atoms with E-state index in [4.69, 9.17) is 9.47 Å². The van der Waals surface area contributed by atoms with Gasteiger partial charge in [-0.25, -0.2) is 0 Å². The minimum Gasteiger partial charge on any atom is -0.493 e. The summed E-state index contributed by atoms with van der Waals surface area (Å²) in [7, 11) is 5.22. The molecule has 122 valence electrons. The van der Waals surface area contributed by atoms with E-state index in [1.807, 2.05) is 24.9 Å². The van der Waals surface area contributed by atoms with Crippen LogP contribution in [0.3, 0.4) is 0 Å². The van der Waals surface area contributed by atoms with Gasteiger partial charge < -0.3 is 14.4 Å². The Kier molecular flexibility index (Phi) is 5.69. The van der Waals surface area contributed by atoms with Gasteiger partial charge in [0, 0.05) is 20.0 Å². The number of amides is 1. The molecule has 0 spiro atoms. The van der Waals surface area contributed by atoms with E-state index in [1.165, 1.54) is 18.4 Å². The molecule has 22 heavy (non-hydrogen) atoms. The topological polar surface area (TPSA) is 38.8 Å². The van der Waals surface area contributed by atoms with Gasteiger partial charge >= 0.3 is 0 Å². The van der Waals surface area contributed by atoms with Crippen molar-refractivity contribution in [1.82, 2.24) is 4.90 Å². The molecule has 2 rings (SSSR count). The Labute approximate surface area is 133 Å². The van der Waals surface area contributed by atoms with Crippen LogP contribution < -0.4 is 9.47 Å². The number of methoxy groups -OCH3 is 2. The summed E-state index contributed by atoms with van der Waals surface area (Å²) < 4.78 is 10.7. The smallest absolute Gasteiger partial charge is 0.222 e. The summed E-state index contributed by atoms with van der Waals surface area (Å²) in [6, 6.07) is 6.19. The monoisotopic (exact) mass is 305 g/mol. The number of ether oxygens (including phenoxy) is 2. The Bertz CT molecular complexity index is 511. The Balaban J connectivity index is 2.09. The molecular weight excluding hydrogens is 278 g/mol. The van der Waals surface area contributed by atoms with Crippen LogP contribution in [0, 0.1) is 5.92 Å². The first-order chi connectivity index (χ1) is 10.6. The fraction of sp³-hybridized carbons (Fsp3) is 0.611. The van der Waals surface area contributed by atoms with Crippen molar-refractivity contribution in [3.05, 3.63) is 23.8 Å². The lowest BCUT2D eigenvalue weighted by atomic mass is 9.90. The molecule has 1 fully saturated rings. The molecule has 4 nitrogen and oxygen atoms in total. The maximum atomic E-state index is 11.7. The SMILES string of the molecule is CCC(=O)N(C)CCC(c1ccc(OC)c(OC)c1)C1CC1. The van der Waals surface area contributed by atoms with Crippen molar-refractivity contribution in [2.24, 2.45) is 5.92 Å². The van der Waals surface area contributed by atoms with E-state index in [0.717, 1.165) is 30.4 Å². The first-order valence-corrected chi connectivity index (χ1v) is 8.06. The molecule has 1 aromatic rings. The van der Waals surface area contributed by atoms with Crippen LogP contribution in [-0.2, 0) is 4.79 Å². The van der Waals surface area contributed by atoms with Gasteiger partial charge in [0.1, 0.15) is 0 Å². The zero-order chi connectivity index (χ0) is 16.1. The van der Waals surface area contributed by atoms with Crippen molar-refractivity contribution in [3.63, 3.8) is 0 Å². The van der Waals surface area contributed by atoms with Crippen molar-refractivity contribution in [2.45, 2.75) is 38.5 Å². The first-order valence-electron chi connectivity index (χ1n) is 8.06. The van der Waals surface area contributed by atoms with Crippen molar-refractivity contribution >= 4 is 5.91 Å². The maximum absolute atomic E-state index is 11.7. The Morgan fingerprint density at radius 1 is 1.27 bits per heavy atom. The van der Waals surface area contributed by atoms with Gasteiger partial charge in [-0.3, -0.25) is 4.79 Å². The highest BCUT2D eigenvalue weighted by Crippen LogP contribution is 2.46. The number of carbonyl (C=O) groups excluding carboxylic acids is 1. The van der Waals surface area contributed by atoms with Gasteiger partial charge in [-0.2, -0.15) is 0 Å². The van der Waals surface area contributed by atoms with E-state index >= 15 is 0 Å². The Morgan fingerprint density at radius 2 is 1.95 bits per heavy atom. The van der Waals surface area contributed by atoms with Gasteiger partial charge in [0.2, 0.25) is 5.91 Å². The molecule has 1 saturated carbocycles. The summed E-state index contributed by atoms with van der Waals surface area (Å²) in [6.45, 7) is 2.72. The highest BCUT2D eigenvalue weighted by atomic mass is 16.5. The second-order valence-electron chi connectivity index (χ2n) is 6.02. The van der Waals surface area contributed by atoms with E-state index in [0.29, 0.717) is 12.3 Å². The number of carbonyl (C=O) groups is 1. The van der Waals surface area contributed by atoms with Crippen LogP contribution in [0.4, 0.5) is 0 Å². The minimum absolute atomic E-state index is 0.210. The number of benzene rings is 1. The van der Waals surface area contributed by atoms with E-state index < -0.39 is 0 Å². The van der Waals surface area contributed by atoms with Crippen molar-refractivity contribution in [2.75, 3.05) is 27.8 Å². The van der Waals surface area contributed by atoms with Gasteiger partial charge in [-0.05, 0) is 48.8 Å². The number of rotatable bonds is 8. The molecule has 1 atom stereocenters. The van der Waals surface area contributed by atoms with E-state index in [1.54, 1.807) is 14.2 Å². The zero-order valence-corrected chi connectivity index (χ0v) is 14.1. The van der Waals surface area contributed by atoms with Crippen LogP contribution in [-0.4, -0.2) is 38.6 Å². The van der Waals surface area contributed by atoms with Gasteiger partial charge in [-0.1, -0.05) is 13.0 Å². The molecule has 1 unspecified atom stereocenters. The highest BCUT2D eigenvalue weighted by molar-refractivity contribution is 5.75. The maximum Gasteiger partial charge on any atom is 0.222 e. The number of nitrogens with zero attached hydrogens (tertiary/aromatic N) is 1. The summed E-state index contributed by atoms with van der Waals surface area (Å²) in [5.74, 6) is 2.99. The molecule has 0 N–H and O–H groups in total. The van der Waals surface area contributed by atoms with Crippen LogP contribution in [0.1, 0.15) is 44.1 Å². The lowest BCUT2D eigenvalue weighted by Gasteiger charge is -2.22. The molecule has 0 heterocycles. The van der Waals surface area contributed by atoms with E-state index in [-0.39, 0.29) is 5.91 Å². The standard InChI is InChI=1S/C18H27NO3/c1-5-18(20)19(2)11-10-15(13-6-7-13)14-8-9-16(21-3)17(12-14)22-4/h8-9,12-13,15H,5-7,10-11H2,1-4H3. The molecule has 4 heteroatoms. The van der Waals surface area contributed by atoms with Gasteiger partial charge in [0.15, 0.2) is 11.5 Å². The largest absolute Gasteiger partial charge is 0.493 e. The summed E-state index contributed by atoms with van der Waals surface area (Å²) >= 11 is 0. The third-order valence-corrected chi connectivity index (χ3v) is 4.53. The molecule has 0 aromatic heterocycles. The second-order valence-corrected chi connectivity index (χ2v) is 6.02. The molecule has 1 aromatic carbocycles.